The Kier molecular flexibility index (Phi) is 8.86. The van der Waals surface area contributed by atoms with Crippen LogP contribution in [0.4, 0.5) is 17.1 Å². The molecule has 188 valence electrons. The summed E-state index contributed by atoms with van der Waals surface area (Å²) in [5, 5.41) is 33.2. The van der Waals surface area contributed by atoms with Crippen molar-refractivity contribution in [1.82, 2.24) is 16.3 Å². The Morgan fingerprint density at radius 1 is 0.514 bits per heavy atom. The number of hydrogen-bond donors (Lipinski definition) is 9. The Morgan fingerprint density at radius 3 is 0.973 bits per heavy atom. The van der Waals surface area contributed by atoms with Crippen LogP contribution in [0.15, 0.2) is 88.1 Å². The summed E-state index contributed by atoms with van der Waals surface area (Å²) in [5.74, 6) is -0.722. The van der Waals surface area contributed by atoms with Gasteiger partial charge in [-0.25, -0.2) is 16.3 Å². The molecule has 0 amide bonds. The molecule has 0 aliphatic carbocycles. The minimum Gasteiger partial charge on any atom is -0.369 e. The summed E-state index contributed by atoms with van der Waals surface area (Å²) in [7, 11) is 0. The van der Waals surface area contributed by atoms with Crippen molar-refractivity contribution in [2.45, 2.75) is 0 Å². The summed E-state index contributed by atoms with van der Waals surface area (Å²) < 4.78 is 0. The maximum atomic E-state index is 7.18. The topological polar surface area (TPSA) is 226 Å². The van der Waals surface area contributed by atoms with Crippen LogP contribution in [0.3, 0.4) is 0 Å². The fourth-order valence-corrected chi connectivity index (χ4v) is 3.10. The van der Waals surface area contributed by atoms with E-state index < -0.39 is 0 Å². The highest BCUT2D eigenvalue weighted by atomic mass is 15.3. The summed E-state index contributed by atoms with van der Waals surface area (Å²) in [6.45, 7) is 0. The predicted octanol–water partition coefficient (Wildman–Crippen LogP) is 1.61. The first kappa shape index (κ1) is 25.9. The van der Waals surface area contributed by atoms with Crippen LogP contribution < -0.4 is 38.4 Å². The average molecular weight is 498 g/mol. The molecule has 3 rings (SSSR count). The molecule has 0 heterocycles. The molecule has 13 nitrogen and oxygen atoms in total. The summed E-state index contributed by atoms with van der Waals surface area (Å²) in [5.41, 5.74) is 28.1. The second-order valence-electron chi connectivity index (χ2n) is 7.46. The van der Waals surface area contributed by atoms with Crippen LogP contribution >= 0.6 is 0 Å². The summed E-state index contributed by atoms with van der Waals surface area (Å²) in [4.78, 5) is 2.07. The Hall–Kier alpha value is -5.72. The van der Waals surface area contributed by atoms with Crippen molar-refractivity contribution in [3.8, 4) is 0 Å². The van der Waals surface area contributed by atoms with Gasteiger partial charge in [-0.3, -0.25) is 16.2 Å². The molecule has 0 saturated carbocycles. The summed E-state index contributed by atoms with van der Waals surface area (Å²) in [6.07, 6.45) is 4.71. The number of hydrazone groups is 3. The van der Waals surface area contributed by atoms with E-state index in [2.05, 4.69) is 36.5 Å². The van der Waals surface area contributed by atoms with Crippen LogP contribution in [0, 0.1) is 16.2 Å². The van der Waals surface area contributed by atoms with Gasteiger partial charge in [-0.2, -0.15) is 15.3 Å². The van der Waals surface area contributed by atoms with E-state index in [9.17, 15) is 0 Å². The quantitative estimate of drug-likeness (QED) is 0.120. The number of guanidine groups is 3. The van der Waals surface area contributed by atoms with Crippen molar-refractivity contribution < 1.29 is 0 Å². The molecular formula is C24H27N13. The minimum atomic E-state index is -0.241. The van der Waals surface area contributed by atoms with Gasteiger partial charge in [-0.15, -0.1) is 0 Å². The molecule has 0 aromatic heterocycles. The van der Waals surface area contributed by atoms with Gasteiger partial charge in [0.15, 0.2) is 0 Å². The zero-order chi connectivity index (χ0) is 26.6. The van der Waals surface area contributed by atoms with E-state index in [4.69, 9.17) is 33.4 Å². The van der Waals surface area contributed by atoms with E-state index in [1.54, 1.807) is 18.6 Å². The van der Waals surface area contributed by atoms with Crippen LogP contribution in [-0.4, -0.2) is 36.5 Å². The van der Waals surface area contributed by atoms with Crippen molar-refractivity contribution in [2.24, 2.45) is 32.5 Å². The Balaban J connectivity index is 1.91. The Labute approximate surface area is 213 Å². The third kappa shape index (κ3) is 8.22. The number of nitrogens with zero attached hydrogens (tertiary/aromatic N) is 4. The Bertz CT molecular complexity index is 1140. The lowest BCUT2D eigenvalue weighted by Crippen LogP contribution is -2.25. The zero-order valence-electron chi connectivity index (χ0n) is 19.7. The average Bonchev–Trinajstić information content (AvgIpc) is 2.86. The Morgan fingerprint density at radius 2 is 0.757 bits per heavy atom. The monoisotopic (exact) mass is 497 g/mol. The first-order valence-electron chi connectivity index (χ1n) is 10.8. The van der Waals surface area contributed by atoms with E-state index in [0.717, 1.165) is 33.8 Å². The number of rotatable bonds is 9. The van der Waals surface area contributed by atoms with Crippen molar-refractivity contribution >= 4 is 53.6 Å². The third-order valence-electron chi connectivity index (χ3n) is 4.65. The molecule has 3 aromatic rings. The predicted molar refractivity (Wildman–Crippen MR) is 149 cm³/mol. The lowest BCUT2D eigenvalue weighted by atomic mass is 10.1. The van der Waals surface area contributed by atoms with E-state index in [1.807, 2.05) is 72.8 Å². The molecule has 0 aliphatic heterocycles. The largest absolute Gasteiger partial charge is 0.369 e. The van der Waals surface area contributed by atoms with Gasteiger partial charge in [0, 0.05) is 17.1 Å². The van der Waals surface area contributed by atoms with E-state index >= 15 is 0 Å². The van der Waals surface area contributed by atoms with Gasteiger partial charge >= 0.3 is 0 Å². The maximum absolute atomic E-state index is 7.18. The van der Waals surface area contributed by atoms with Crippen LogP contribution in [0.1, 0.15) is 16.7 Å². The zero-order valence-corrected chi connectivity index (χ0v) is 19.7. The van der Waals surface area contributed by atoms with Gasteiger partial charge in [-0.05, 0) is 53.1 Å². The van der Waals surface area contributed by atoms with Gasteiger partial charge in [0.2, 0.25) is 17.9 Å². The second-order valence-corrected chi connectivity index (χ2v) is 7.46. The SMILES string of the molecule is N=C(N)N/N=C/c1ccc(N(c2ccc(/C=N/NC(=N)N)cc2)c2ccc(/C=N/NC(=N)N)cc2)cc1. The number of anilines is 3. The van der Waals surface area contributed by atoms with Crippen molar-refractivity contribution in [2.75, 3.05) is 4.90 Å². The smallest absolute Gasteiger partial charge is 0.206 e. The first-order chi connectivity index (χ1) is 17.8. The number of hydrogen-bond acceptors (Lipinski definition) is 7. The van der Waals surface area contributed by atoms with Crippen molar-refractivity contribution in [3.05, 3.63) is 89.5 Å². The van der Waals surface area contributed by atoms with Crippen LogP contribution in [0.5, 0.6) is 0 Å². The molecule has 0 radical (unpaired) electrons. The normalized spacial score (nSPS) is 11.0. The molecule has 13 heteroatoms. The van der Waals surface area contributed by atoms with Gasteiger partial charge in [0.25, 0.3) is 0 Å². The summed E-state index contributed by atoms with van der Waals surface area (Å²) >= 11 is 0. The highest BCUT2D eigenvalue weighted by Gasteiger charge is 2.12. The van der Waals surface area contributed by atoms with Crippen LogP contribution in [0.2, 0.25) is 0 Å². The molecule has 0 bridgehead atoms. The van der Waals surface area contributed by atoms with Gasteiger partial charge in [-0.1, -0.05) is 36.4 Å². The standard InChI is InChI=1S/C24H27N13/c25-22(26)34-31-13-16-1-7-19(8-2-16)37(20-9-3-17(4-10-20)14-32-35-23(27)28)21-11-5-18(6-12-21)15-33-36-24(29)30/h1-15H,(H4,25,26,34)(H4,27,28,35)(H4,29,30,36)/b31-13+,32-14+,33-15+. The molecule has 37 heavy (non-hydrogen) atoms. The maximum Gasteiger partial charge on any atom is 0.206 e. The van der Waals surface area contributed by atoms with Gasteiger partial charge < -0.3 is 22.1 Å². The molecule has 12 N–H and O–H groups in total. The molecule has 0 atom stereocenters. The fourth-order valence-electron chi connectivity index (χ4n) is 3.10. The molecule has 0 spiro atoms. The van der Waals surface area contributed by atoms with Crippen LogP contribution in [0.25, 0.3) is 0 Å². The fraction of sp³-hybridized carbons (Fsp3) is 0. The molecule has 0 saturated heterocycles. The van der Waals surface area contributed by atoms with Gasteiger partial charge in [0.1, 0.15) is 0 Å². The van der Waals surface area contributed by atoms with Crippen molar-refractivity contribution in [3.63, 3.8) is 0 Å². The molecule has 0 aliphatic rings. The third-order valence-corrected chi connectivity index (χ3v) is 4.65. The number of nitrogens with one attached hydrogen (secondary N) is 6. The van der Waals surface area contributed by atoms with E-state index in [-0.39, 0.29) is 17.9 Å². The lowest BCUT2D eigenvalue weighted by molar-refractivity contribution is 1.00. The number of benzene rings is 3. The highest BCUT2D eigenvalue weighted by Crippen LogP contribution is 2.34. The summed E-state index contributed by atoms with van der Waals surface area (Å²) in [6, 6.07) is 23.1. The molecule has 3 aromatic carbocycles. The van der Waals surface area contributed by atoms with E-state index in [0.29, 0.717) is 0 Å². The first-order valence-corrected chi connectivity index (χ1v) is 10.8. The highest BCUT2D eigenvalue weighted by molar-refractivity contribution is 5.87. The molecular weight excluding hydrogens is 470 g/mol. The van der Waals surface area contributed by atoms with E-state index in [1.165, 1.54) is 0 Å². The molecule has 0 unspecified atom stereocenters. The molecule has 0 fully saturated rings. The van der Waals surface area contributed by atoms with Crippen LogP contribution in [-0.2, 0) is 0 Å². The van der Waals surface area contributed by atoms with Crippen molar-refractivity contribution in [1.29, 1.82) is 16.2 Å². The number of nitrogens with two attached hydrogens (primary N) is 3. The van der Waals surface area contributed by atoms with Gasteiger partial charge in [0.05, 0.1) is 18.6 Å². The second kappa shape index (κ2) is 12.7. The minimum absolute atomic E-state index is 0.241. The lowest BCUT2D eigenvalue weighted by Gasteiger charge is -2.25.